The molecule has 0 aliphatic rings. The van der Waals surface area contributed by atoms with Crippen molar-refractivity contribution in [1.82, 2.24) is 9.97 Å². The monoisotopic (exact) mass is 391 g/mol. The third kappa shape index (κ3) is 3.62. The molecule has 3 rings (SSSR count). The number of hydrogen-bond donors (Lipinski definition) is 2. The number of benzene rings is 1. The Morgan fingerprint density at radius 3 is 2.78 bits per heavy atom. The zero-order chi connectivity index (χ0) is 16.2. The number of nitrogens with one attached hydrogen (secondary N) is 2. The molecule has 0 saturated heterocycles. The van der Waals surface area contributed by atoms with Crippen LogP contribution in [0.15, 0.2) is 64.2 Å². The molecular weight excluding hydrogens is 378 g/mol. The summed E-state index contributed by atoms with van der Waals surface area (Å²) < 4.78 is 21.4. The first kappa shape index (κ1) is 15.8. The van der Waals surface area contributed by atoms with E-state index in [9.17, 15) is 4.21 Å². The Balaban J connectivity index is 1.81. The Morgan fingerprint density at radius 1 is 1.26 bits per heavy atom. The minimum atomic E-state index is -1.44. The summed E-state index contributed by atoms with van der Waals surface area (Å²) in [6, 6.07) is 13.5. The molecule has 3 aromatic rings. The number of nitrogens with zero attached hydrogens (tertiary/aromatic N) is 1. The molecule has 0 spiro atoms. The Kier molecular flexibility index (Phi) is 4.78. The van der Waals surface area contributed by atoms with Crippen molar-refractivity contribution in [1.29, 1.82) is 0 Å². The molecule has 118 valence electrons. The lowest BCUT2D eigenvalue weighted by Gasteiger charge is -2.08. The van der Waals surface area contributed by atoms with Gasteiger partial charge in [0.1, 0.15) is 0 Å². The summed E-state index contributed by atoms with van der Waals surface area (Å²) in [6.45, 7) is 0. The predicted molar refractivity (Wildman–Crippen MR) is 94.7 cm³/mol. The van der Waals surface area contributed by atoms with Crippen LogP contribution >= 0.6 is 15.9 Å². The van der Waals surface area contributed by atoms with Crippen molar-refractivity contribution in [3.8, 4) is 17.0 Å². The molecule has 0 bridgehead atoms. The van der Waals surface area contributed by atoms with Crippen LogP contribution in [0.1, 0.15) is 0 Å². The van der Waals surface area contributed by atoms with Gasteiger partial charge in [0.2, 0.25) is 0 Å². The number of hydrogen-bond acceptors (Lipinski definition) is 3. The van der Waals surface area contributed by atoms with Crippen LogP contribution in [0.25, 0.3) is 11.3 Å². The molecule has 1 atom stereocenters. The summed E-state index contributed by atoms with van der Waals surface area (Å²) in [4.78, 5) is 7.96. The average Bonchev–Trinajstić information content (AvgIpc) is 3.07. The number of halogens is 1. The molecule has 0 amide bonds. The first-order chi connectivity index (χ1) is 11.2. The third-order valence-corrected chi connectivity index (χ3v) is 4.66. The standard InChI is InChI=1S/C16H14BrN3O2S/c1-22-15-7-12(17)9-19-16(15)20-23(21)13-8-14(18-10-13)11-5-3-2-4-6-11/h2-10,18H,1H3,(H,19,20). The van der Waals surface area contributed by atoms with Gasteiger partial charge in [-0.25, -0.2) is 9.19 Å². The van der Waals surface area contributed by atoms with Gasteiger partial charge in [-0.2, -0.15) is 0 Å². The zero-order valence-electron chi connectivity index (χ0n) is 12.2. The van der Waals surface area contributed by atoms with Crippen molar-refractivity contribution in [3.05, 3.63) is 59.3 Å². The van der Waals surface area contributed by atoms with Crippen LogP contribution in [0.2, 0.25) is 0 Å². The van der Waals surface area contributed by atoms with Gasteiger partial charge in [-0.1, -0.05) is 30.3 Å². The molecule has 2 N–H and O–H groups in total. The van der Waals surface area contributed by atoms with Crippen LogP contribution in [0.4, 0.5) is 5.82 Å². The van der Waals surface area contributed by atoms with E-state index in [2.05, 4.69) is 30.6 Å². The normalized spacial score (nSPS) is 11.9. The van der Waals surface area contributed by atoms with Crippen molar-refractivity contribution < 1.29 is 8.95 Å². The number of methoxy groups -OCH3 is 1. The number of ether oxygens (including phenoxy) is 1. The SMILES string of the molecule is COc1cc(Br)cnc1NS(=O)c1c[nH]c(-c2ccccc2)c1. The maximum Gasteiger partial charge on any atom is 0.180 e. The number of aromatic amines is 1. The zero-order valence-corrected chi connectivity index (χ0v) is 14.6. The van der Waals surface area contributed by atoms with Crippen molar-refractivity contribution in [2.24, 2.45) is 0 Å². The number of pyridine rings is 1. The van der Waals surface area contributed by atoms with Crippen LogP contribution in [0.5, 0.6) is 5.75 Å². The lowest BCUT2D eigenvalue weighted by Crippen LogP contribution is -2.06. The fourth-order valence-electron chi connectivity index (χ4n) is 2.07. The molecular formula is C16H14BrN3O2S. The first-order valence-electron chi connectivity index (χ1n) is 6.79. The van der Waals surface area contributed by atoms with Gasteiger partial charge in [-0.05, 0) is 33.6 Å². The van der Waals surface area contributed by atoms with E-state index in [4.69, 9.17) is 4.74 Å². The van der Waals surface area contributed by atoms with Crippen LogP contribution in [-0.2, 0) is 11.0 Å². The van der Waals surface area contributed by atoms with E-state index < -0.39 is 11.0 Å². The first-order valence-corrected chi connectivity index (χ1v) is 8.73. The van der Waals surface area contributed by atoms with Crippen LogP contribution in [-0.4, -0.2) is 21.3 Å². The van der Waals surface area contributed by atoms with E-state index in [1.165, 1.54) is 0 Å². The van der Waals surface area contributed by atoms with Gasteiger partial charge in [0.15, 0.2) is 22.6 Å². The minimum Gasteiger partial charge on any atom is -0.493 e. The van der Waals surface area contributed by atoms with Gasteiger partial charge < -0.3 is 9.72 Å². The maximum absolute atomic E-state index is 12.5. The molecule has 7 heteroatoms. The quantitative estimate of drug-likeness (QED) is 0.690. The summed E-state index contributed by atoms with van der Waals surface area (Å²) >= 11 is 3.33. The molecule has 2 heterocycles. The van der Waals surface area contributed by atoms with Gasteiger partial charge in [0.05, 0.1) is 12.0 Å². The highest BCUT2D eigenvalue weighted by Crippen LogP contribution is 2.27. The van der Waals surface area contributed by atoms with Crippen molar-refractivity contribution in [2.45, 2.75) is 4.90 Å². The number of anilines is 1. The summed E-state index contributed by atoms with van der Waals surface area (Å²) in [5.41, 5.74) is 1.95. The molecule has 1 aromatic carbocycles. The smallest absolute Gasteiger partial charge is 0.180 e. The van der Waals surface area contributed by atoms with E-state index in [0.717, 1.165) is 15.7 Å². The number of H-pyrrole nitrogens is 1. The van der Waals surface area contributed by atoms with E-state index in [0.29, 0.717) is 16.5 Å². The summed E-state index contributed by atoms with van der Waals surface area (Å²) in [5.74, 6) is 0.947. The Bertz CT molecular complexity index is 836. The summed E-state index contributed by atoms with van der Waals surface area (Å²) in [5, 5.41) is 0. The van der Waals surface area contributed by atoms with Gasteiger partial charge in [0.25, 0.3) is 0 Å². The molecule has 1 unspecified atom stereocenters. The van der Waals surface area contributed by atoms with E-state index in [-0.39, 0.29) is 0 Å². The fraction of sp³-hybridized carbons (Fsp3) is 0.0625. The van der Waals surface area contributed by atoms with Gasteiger partial charge in [-0.15, -0.1) is 0 Å². The molecule has 0 saturated carbocycles. The molecule has 2 aromatic heterocycles. The van der Waals surface area contributed by atoms with Crippen molar-refractivity contribution in [2.75, 3.05) is 11.8 Å². The second-order valence-corrected chi connectivity index (χ2v) is 6.82. The molecule has 5 nitrogen and oxygen atoms in total. The Hall–Kier alpha value is -2.12. The Morgan fingerprint density at radius 2 is 2.04 bits per heavy atom. The van der Waals surface area contributed by atoms with Crippen molar-refractivity contribution in [3.63, 3.8) is 0 Å². The molecule has 0 aliphatic carbocycles. The van der Waals surface area contributed by atoms with E-state index in [1.54, 1.807) is 25.6 Å². The predicted octanol–water partition coefficient (Wildman–Crippen LogP) is 3.98. The Labute approximate surface area is 144 Å². The van der Waals surface area contributed by atoms with E-state index >= 15 is 0 Å². The third-order valence-electron chi connectivity index (χ3n) is 3.18. The van der Waals surface area contributed by atoms with Crippen LogP contribution < -0.4 is 9.46 Å². The molecule has 0 fully saturated rings. The van der Waals surface area contributed by atoms with Gasteiger partial charge in [0, 0.05) is 22.6 Å². The largest absolute Gasteiger partial charge is 0.493 e. The maximum atomic E-state index is 12.5. The van der Waals surface area contributed by atoms with Crippen LogP contribution in [0.3, 0.4) is 0 Å². The lowest BCUT2D eigenvalue weighted by molar-refractivity contribution is 0.415. The highest BCUT2D eigenvalue weighted by Gasteiger charge is 2.12. The van der Waals surface area contributed by atoms with Crippen LogP contribution in [0, 0.1) is 0 Å². The number of rotatable bonds is 5. The molecule has 0 radical (unpaired) electrons. The number of aromatic nitrogens is 2. The second-order valence-electron chi connectivity index (χ2n) is 4.69. The highest BCUT2D eigenvalue weighted by molar-refractivity contribution is 9.10. The van der Waals surface area contributed by atoms with Crippen molar-refractivity contribution >= 4 is 32.7 Å². The lowest BCUT2D eigenvalue weighted by atomic mass is 10.2. The minimum absolute atomic E-state index is 0.427. The molecule has 0 aliphatic heterocycles. The second kappa shape index (κ2) is 6.97. The fourth-order valence-corrected chi connectivity index (χ4v) is 3.21. The molecule has 23 heavy (non-hydrogen) atoms. The highest BCUT2D eigenvalue weighted by atomic mass is 79.9. The van der Waals surface area contributed by atoms with Gasteiger partial charge >= 0.3 is 0 Å². The summed E-state index contributed by atoms with van der Waals surface area (Å²) in [7, 11) is 0.0981. The topological polar surface area (TPSA) is 67.0 Å². The van der Waals surface area contributed by atoms with E-state index in [1.807, 2.05) is 36.4 Å². The van der Waals surface area contributed by atoms with Gasteiger partial charge in [-0.3, -0.25) is 4.72 Å². The average molecular weight is 392 g/mol. The summed E-state index contributed by atoms with van der Waals surface area (Å²) in [6.07, 6.45) is 3.34.